The molecule has 2 N–H and O–H groups in total. The Kier molecular flexibility index (Phi) is 6.46. The minimum Gasteiger partial charge on any atom is -0.495 e. The first-order valence-corrected chi connectivity index (χ1v) is 13.0. The molecular formula is C24H29N3O3S2. The number of benzene rings is 2. The average molecular weight is 472 g/mol. The van der Waals surface area contributed by atoms with Crippen LogP contribution in [0, 0.1) is 6.92 Å². The van der Waals surface area contributed by atoms with Crippen molar-refractivity contribution in [2.24, 2.45) is 0 Å². The summed E-state index contributed by atoms with van der Waals surface area (Å²) in [5.41, 5.74) is 3.36. The van der Waals surface area contributed by atoms with Crippen LogP contribution < -0.4 is 19.7 Å². The maximum Gasteiger partial charge on any atom is 0.262 e. The van der Waals surface area contributed by atoms with Crippen LogP contribution in [0.3, 0.4) is 0 Å². The zero-order valence-electron chi connectivity index (χ0n) is 18.8. The van der Waals surface area contributed by atoms with E-state index in [4.69, 9.17) is 4.74 Å². The molecule has 0 bridgehead atoms. The van der Waals surface area contributed by atoms with Crippen LogP contribution in [-0.4, -0.2) is 40.7 Å². The van der Waals surface area contributed by atoms with E-state index in [1.165, 1.54) is 0 Å². The van der Waals surface area contributed by atoms with E-state index in [9.17, 15) is 8.42 Å². The summed E-state index contributed by atoms with van der Waals surface area (Å²) >= 11 is 1.64. The van der Waals surface area contributed by atoms with Crippen LogP contribution >= 0.6 is 11.3 Å². The van der Waals surface area contributed by atoms with Crippen LogP contribution in [0.5, 0.6) is 5.75 Å². The Labute approximate surface area is 194 Å². The molecule has 32 heavy (non-hydrogen) atoms. The summed E-state index contributed by atoms with van der Waals surface area (Å²) in [6.45, 7) is 7.94. The normalized spacial score (nSPS) is 19.1. The number of piperazine rings is 1. The van der Waals surface area contributed by atoms with E-state index in [1.54, 1.807) is 30.6 Å². The molecule has 6 nitrogen and oxygen atoms in total. The molecule has 1 aromatic heterocycles. The highest BCUT2D eigenvalue weighted by molar-refractivity contribution is 7.92. The van der Waals surface area contributed by atoms with Crippen molar-refractivity contribution < 1.29 is 13.2 Å². The van der Waals surface area contributed by atoms with Gasteiger partial charge < -0.3 is 15.0 Å². The Balaban J connectivity index is 1.63. The molecule has 2 atom stereocenters. The summed E-state index contributed by atoms with van der Waals surface area (Å²) in [6, 6.07) is 15.6. The van der Waals surface area contributed by atoms with Crippen molar-refractivity contribution in [3.8, 4) is 16.2 Å². The average Bonchev–Trinajstić information content (AvgIpc) is 3.27. The fourth-order valence-electron chi connectivity index (χ4n) is 4.23. The number of sulfonamides is 1. The lowest BCUT2D eigenvalue weighted by atomic mass is 10.1. The first-order valence-electron chi connectivity index (χ1n) is 10.6. The van der Waals surface area contributed by atoms with Gasteiger partial charge in [-0.2, -0.15) is 0 Å². The van der Waals surface area contributed by atoms with Gasteiger partial charge in [0.15, 0.2) is 0 Å². The molecule has 1 saturated heterocycles. The van der Waals surface area contributed by atoms with Crippen LogP contribution in [0.1, 0.15) is 19.4 Å². The van der Waals surface area contributed by atoms with Crippen LogP contribution in [-0.2, 0) is 10.0 Å². The lowest BCUT2D eigenvalue weighted by Crippen LogP contribution is -2.54. The first-order chi connectivity index (χ1) is 15.3. The predicted octanol–water partition coefficient (Wildman–Crippen LogP) is 4.72. The fourth-order valence-corrected chi connectivity index (χ4v) is 6.19. The predicted molar refractivity (Wildman–Crippen MR) is 133 cm³/mol. The molecule has 8 heteroatoms. The number of ether oxygens (including phenoxy) is 1. The van der Waals surface area contributed by atoms with Gasteiger partial charge in [-0.1, -0.05) is 12.1 Å². The van der Waals surface area contributed by atoms with E-state index in [0.717, 1.165) is 34.8 Å². The monoisotopic (exact) mass is 471 g/mol. The molecule has 2 aromatic carbocycles. The lowest BCUT2D eigenvalue weighted by molar-refractivity contribution is 0.406. The maximum atomic E-state index is 13.2. The molecule has 2 heterocycles. The van der Waals surface area contributed by atoms with E-state index in [0.29, 0.717) is 23.5 Å². The number of thiophene rings is 1. The summed E-state index contributed by atoms with van der Waals surface area (Å²) in [4.78, 5) is 3.61. The molecule has 4 rings (SSSR count). The van der Waals surface area contributed by atoms with E-state index >= 15 is 0 Å². The second kappa shape index (κ2) is 9.13. The number of aryl methyl sites for hydroxylation is 1. The zero-order chi connectivity index (χ0) is 22.9. The quantitative estimate of drug-likeness (QED) is 0.544. The molecule has 0 radical (unpaired) electrons. The van der Waals surface area contributed by atoms with Crippen LogP contribution in [0.25, 0.3) is 10.4 Å². The van der Waals surface area contributed by atoms with Crippen molar-refractivity contribution >= 4 is 32.7 Å². The van der Waals surface area contributed by atoms with Gasteiger partial charge in [-0.15, -0.1) is 11.3 Å². The van der Waals surface area contributed by atoms with E-state index < -0.39 is 10.0 Å². The molecule has 0 saturated carbocycles. The number of hydrogen-bond donors (Lipinski definition) is 2. The van der Waals surface area contributed by atoms with Gasteiger partial charge in [0.25, 0.3) is 10.0 Å². The lowest BCUT2D eigenvalue weighted by Gasteiger charge is -2.38. The topological polar surface area (TPSA) is 70.7 Å². The van der Waals surface area contributed by atoms with Crippen molar-refractivity contribution in [3.63, 3.8) is 0 Å². The highest BCUT2D eigenvalue weighted by Crippen LogP contribution is 2.34. The third-order valence-corrected chi connectivity index (χ3v) is 7.91. The number of nitrogens with one attached hydrogen (secondary N) is 2. The van der Waals surface area contributed by atoms with Crippen molar-refractivity contribution in [2.75, 3.05) is 29.8 Å². The molecule has 3 aromatic rings. The number of anilines is 2. The minimum absolute atomic E-state index is 0.229. The number of nitrogens with zero attached hydrogens (tertiary/aromatic N) is 1. The molecule has 0 amide bonds. The van der Waals surface area contributed by atoms with Gasteiger partial charge in [0, 0.05) is 35.7 Å². The van der Waals surface area contributed by atoms with Crippen LogP contribution in [0.2, 0.25) is 0 Å². The fraction of sp³-hybridized carbons (Fsp3) is 0.333. The van der Waals surface area contributed by atoms with Crippen LogP contribution in [0.15, 0.2) is 58.8 Å². The standard InChI is InChI=1S/C24H29N3O3S2/c1-16-12-20(8-9-21(16)24-6-5-11-31-24)32(28,29)26-22-13-19(7-10-23(22)30-4)27-14-17(2)25-18(3)15-27/h5-13,17-18,25-26H,14-15H2,1-4H3/t17-,18+. The van der Waals surface area contributed by atoms with Gasteiger partial charge in [0.1, 0.15) is 5.75 Å². The summed E-state index contributed by atoms with van der Waals surface area (Å²) in [7, 11) is -2.24. The Hall–Kier alpha value is -2.55. The number of methoxy groups -OCH3 is 1. The maximum absolute atomic E-state index is 13.2. The van der Waals surface area contributed by atoms with E-state index in [-0.39, 0.29) is 4.90 Å². The minimum atomic E-state index is -3.78. The van der Waals surface area contributed by atoms with Crippen molar-refractivity contribution in [3.05, 3.63) is 59.5 Å². The molecule has 1 fully saturated rings. The van der Waals surface area contributed by atoms with Gasteiger partial charge in [-0.05, 0) is 73.7 Å². The summed E-state index contributed by atoms with van der Waals surface area (Å²) < 4.78 is 34.6. The van der Waals surface area contributed by atoms with E-state index in [1.807, 2.05) is 48.7 Å². The Morgan fingerprint density at radius 2 is 1.84 bits per heavy atom. The third-order valence-electron chi connectivity index (χ3n) is 5.64. The summed E-state index contributed by atoms with van der Waals surface area (Å²) in [5.74, 6) is 0.487. The Bertz CT molecular complexity index is 1180. The van der Waals surface area contributed by atoms with Crippen molar-refractivity contribution in [2.45, 2.75) is 37.8 Å². The van der Waals surface area contributed by atoms with Gasteiger partial charge in [-0.3, -0.25) is 4.72 Å². The van der Waals surface area contributed by atoms with Gasteiger partial charge >= 0.3 is 0 Å². The smallest absolute Gasteiger partial charge is 0.262 e. The van der Waals surface area contributed by atoms with Gasteiger partial charge in [-0.25, -0.2) is 8.42 Å². The Morgan fingerprint density at radius 1 is 1.09 bits per heavy atom. The van der Waals surface area contributed by atoms with Gasteiger partial charge in [0.05, 0.1) is 17.7 Å². The number of hydrogen-bond acceptors (Lipinski definition) is 6. The summed E-state index contributed by atoms with van der Waals surface area (Å²) in [6.07, 6.45) is 0. The molecule has 0 aliphatic carbocycles. The second-order valence-corrected chi connectivity index (χ2v) is 10.9. The highest BCUT2D eigenvalue weighted by atomic mass is 32.2. The van der Waals surface area contributed by atoms with Crippen molar-refractivity contribution in [1.82, 2.24) is 5.32 Å². The molecule has 0 spiro atoms. The Morgan fingerprint density at radius 3 is 2.47 bits per heavy atom. The molecule has 170 valence electrons. The SMILES string of the molecule is COc1ccc(N2C[C@@H](C)N[C@@H](C)C2)cc1NS(=O)(=O)c1ccc(-c2cccs2)c(C)c1. The first kappa shape index (κ1) is 22.6. The van der Waals surface area contributed by atoms with Crippen LogP contribution in [0.4, 0.5) is 11.4 Å². The highest BCUT2D eigenvalue weighted by Gasteiger charge is 2.23. The largest absolute Gasteiger partial charge is 0.495 e. The molecular weight excluding hydrogens is 442 g/mol. The number of rotatable bonds is 6. The molecule has 0 unspecified atom stereocenters. The molecule has 1 aliphatic heterocycles. The zero-order valence-corrected chi connectivity index (χ0v) is 20.4. The molecule has 1 aliphatic rings. The summed E-state index contributed by atoms with van der Waals surface area (Å²) in [5, 5.41) is 5.53. The van der Waals surface area contributed by atoms with Gasteiger partial charge in [0.2, 0.25) is 0 Å². The second-order valence-electron chi connectivity index (χ2n) is 8.32. The van der Waals surface area contributed by atoms with E-state index in [2.05, 4.69) is 28.8 Å². The third kappa shape index (κ3) is 4.77. The van der Waals surface area contributed by atoms with Crippen molar-refractivity contribution in [1.29, 1.82) is 0 Å².